The molecule has 1 aromatic heterocycles. The van der Waals surface area contributed by atoms with E-state index in [9.17, 15) is 9.59 Å². The van der Waals surface area contributed by atoms with E-state index in [2.05, 4.69) is 17.2 Å². The maximum absolute atomic E-state index is 12.2. The highest BCUT2D eigenvalue weighted by atomic mass is 16.2. The number of anilines is 1. The number of nitrogens with zero attached hydrogens (tertiary/aromatic N) is 1. The Morgan fingerprint density at radius 1 is 1.39 bits per heavy atom. The highest BCUT2D eigenvalue weighted by Gasteiger charge is 2.22. The zero-order chi connectivity index (χ0) is 16.8. The summed E-state index contributed by atoms with van der Waals surface area (Å²) in [5, 5.41) is 7.53. The number of pyridine rings is 1. The minimum absolute atomic E-state index is 0.0109. The van der Waals surface area contributed by atoms with Crippen LogP contribution in [0.3, 0.4) is 0 Å². The Hall–Kier alpha value is -2.40. The number of aryl methyl sites for hydroxylation is 1. The van der Waals surface area contributed by atoms with E-state index in [1.165, 1.54) is 4.57 Å². The van der Waals surface area contributed by atoms with Crippen molar-refractivity contribution in [2.75, 3.05) is 18.4 Å². The lowest BCUT2D eigenvalue weighted by Crippen LogP contribution is -2.25. The van der Waals surface area contributed by atoms with Gasteiger partial charge in [-0.05, 0) is 38.1 Å². The van der Waals surface area contributed by atoms with Crippen LogP contribution < -0.4 is 16.2 Å². The molecule has 2 aromatic rings. The summed E-state index contributed by atoms with van der Waals surface area (Å²) in [6.45, 7) is 6.85. The smallest absolute Gasteiger partial charge is 0.258 e. The van der Waals surface area contributed by atoms with Crippen molar-refractivity contribution >= 4 is 22.4 Å². The number of fused-ring (bicyclic) bond motifs is 1. The molecule has 3 rings (SSSR count). The first-order chi connectivity index (χ1) is 11.1. The number of amides is 1. The average molecular weight is 313 g/mol. The van der Waals surface area contributed by atoms with Gasteiger partial charge in [-0.2, -0.15) is 0 Å². The maximum Gasteiger partial charge on any atom is 0.258 e. The average Bonchev–Trinajstić information content (AvgIpc) is 3.07. The topological polar surface area (TPSA) is 63.1 Å². The summed E-state index contributed by atoms with van der Waals surface area (Å²) in [7, 11) is 1.72. The molecule has 23 heavy (non-hydrogen) atoms. The summed E-state index contributed by atoms with van der Waals surface area (Å²) >= 11 is 0. The van der Waals surface area contributed by atoms with Gasteiger partial charge in [0.25, 0.3) is 5.56 Å². The van der Waals surface area contributed by atoms with Gasteiger partial charge in [-0.25, -0.2) is 0 Å². The molecule has 122 valence electrons. The standard InChI is InChI=1S/C15H17N3O2.C3H6/c1-18-8-6-11-12(15(18)20)3-2-4-13(11)17-14(19)10-5-7-16-9-10;1-3-2/h2-4,6,8,10,16H,5,7,9H2,1H3,(H,17,19);3H,1H2,2H3. The van der Waals surface area contributed by atoms with Crippen LogP contribution in [-0.4, -0.2) is 23.6 Å². The van der Waals surface area contributed by atoms with Crippen LogP contribution in [0.25, 0.3) is 10.8 Å². The molecule has 0 aliphatic carbocycles. The van der Waals surface area contributed by atoms with Gasteiger partial charge in [0, 0.05) is 36.2 Å². The van der Waals surface area contributed by atoms with E-state index in [1.54, 1.807) is 31.5 Å². The fourth-order valence-electron chi connectivity index (χ4n) is 2.60. The third-order valence-electron chi connectivity index (χ3n) is 3.81. The second-order valence-electron chi connectivity index (χ2n) is 5.59. The first-order valence-corrected chi connectivity index (χ1v) is 7.75. The number of carbonyl (C=O) groups excluding carboxylic acids is 1. The number of benzene rings is 1. The van der Waals surface area contributed by atoms with E-state index in [0.29, 0.717) is 11.1 Å². The zero-order valence-electron chi connectivity index (χ0n) is 13.6. The van der Waals surface area contributed by atoms with Crippen molar-refractivity contribution in [1.29, 1.82) is 0 Å². The molecule has 1 aliphatic rings. The second-order valence-corrected chi connectivity index (χ2v) is 5.59. The van der Waals surface area contributed by atoms with Gasteiger partial charge < -0.3 is 15.2 Å². The number of carbonyl (C=O) groups is 1. The normalized spacial score (nSPS) is 16.5. The van der Waals surface area contributed by atoms with Crippen molar-refractivity contribution in [2.45, 2.75) is 13.3 Å². The fourth-order valence-corrected chi connectivity index (χ4v) is 2.60. The number of nitrogens with one attached hydrogen (secondary N) is 2. The SMILES string of the molecule is C=CC.Cn1ccc2c(NC(=O)C3CCNC3)cccc2c1=O. The maximum atomic E-state index is 12.2. The largest absolute Gasteiger partial charge is 0.325 e. The molecule has 1 saturated heterocycles. The van der Waals surface area contributed by atoms with E-state index < -0.39 is 0 Å². The molecule has 5 nitrogen and oxygen atoms in total. The van der Waals surface area contributed by atoms with Crippen LogP contribution >= 0.6 is 0 Å². The molecule has 0 bridgehead atoms. The summed E-state index contributed by atoms with van der Waals surface area (Å²) < 4.78 is 1.54. The first-order valence-electron chi connectivity index (χ1n) is 7.75. The molecule has 0 saturated carbocycles. The summed E-state index contributed by atoms with van der Waals surface area (Å²) in [5.74, 6) is 0.0278. The van der Waals surface area contributed by atoms with Gasteiger partial charge in [-0.15, -0.1) is 6.58 Å². The lowest BCUT2D eigenvalue weighted by molar-refractivity contribution is -0.119. The van der Waals surface area contributed by atoms with Gasteiger partial charge in [0.15, 0.2) is 0 Å². The molecule has 5 heteroatoms. The number of hydrogen-bond donors (Lipinski definition) is 2. The van der Waals surface area contributed by atoms with E-state index in [1.807, 2.05) is 19.1 Å². The monoisotopic (exact) mass is 313 g/mol. The summed E-state index contributed by atoms with van der Waals surface area (Å²) in [5.41, 5.74) is 0.651. The van der Waals surface area contributed by atoms with Gasteiger partial charge in [0.1, 0.15) is 0 Å². The molecule has 1 atom stereocenters. The third-order valence-corrected chi connectivity index (χ3v) is 3.81. The van der Waals surface area contributed by atoms with Crippen molar-refractivity contribution in [3.8, 4) is 0 Å². The van der Waals surface area contributed by atoms with Crippen LogP contribution in [0.2, 0.25) is 0 Å². The number of aromatic nitrogens is 1. The predicted molar refractivity (Wildman–Crippen MR) is 94.7 cm³/mol. The van der Waals surface area contributed by atoms with Crippen molar-refractivity contribution in [1.82, 2.24) is 9.88 Å². The van der Waals surface area contributed by atoms with Crippen LogP contribution in [0.4, 0.5) is 5.69 Å². The van der Waals surface area contributed by atoms with Crippen molar-refractivity contribution in [3.05, 3.63) is 53.5 Å². The van der Waals surface area contributed by atoms with Gasteiger partial charge in [-0.3, -0.25) is 9.59 Å². The zero-order valence-corrected chi connectivity index (χ0v) is 13.6. The molecule has 2 heterocycles. The Morgan fingerprint density at radius 2 is 2.13 bits per heavy atom. The molecule has 1 aliphatic heterocycles. The van der Waals surface area contributed by atoms with Crippen molar-refractivity contribution in [2.24, 2.45) is 13.0 Å². The van der Waals surface area contributed by atoms with Gasteiger partial charge in [0.05, 0.1) is 5.92 Å². The molecule has 1 fully saturated rings. The Kier molecular flexibility index (Phi) is 5.71. The second kappa shape index (κ2) is 7.74. The molecular formula is C18H23N3O2. The fraction of sp³-hybridized carbons (Fsp3) is 0.333. The van der Waals surface area contributed by atoms with Crippen LogP contribution in [0.15, 0.2) is 47.9 Å². The number of allylic oxidation sites excluding steroid dienone is 1. The van der Waals surface area contributed by atoms with Gasteiger partial charge in [0.2, 0.25) is 5.91 Å². The molecule has 0 spiro atoms. The Bertz CT molecular complexity index is 758. The third kappa shape index (κ3) is 3.87. The van der Waals surface area contributed by atoms with Crippen molar-refractivity contribution in [3.63, 3.8) is 0 Å². The molecule has 1 amide bonds. The Labute approximate surface area is 136 Å². The minimum atomic E-state index is -0.0545. The first kappa shape index (κ1) is 17.0. The van der Waals surface area contributed by atoms with Gasteiger partial charge >= 0.3 is 0 Å². The quantitative estimate of drug-likeness (QED) is 0.836. The summed E-state index contributed by atoms with van der Waals surface area (Å²) in [6.07, 6.45) is 4.33. The Morgan fingerprint density at radius 3 is 2.78 bits per heavy atom. The Balaban J connectivity index is 0.000000595. The van der Waals surface area contributed by atoms with Crippen LogP contribution in [0.1, 0.15) is 13.3 Å². The lowest BCUT2D eigenvalue weighted by atomic mass is 10.1. The van der Waals surface area contributed by atoms with Crippen LogP contribution in [0, 0.1) is 5.92 Å². The number of hydrogen-bond acceptors (Lipinski definition) is 3. The van der Waals surface area contributed by atoms with Crippen LogP contribution in [-0.2, 0) is 11.8 Å². The van der Waals surface area contributed by atoms with E-state index in [-0.39, 0.29) is 17.4 Å². The van der Waals surface area contributed by atoms with E-state index in [4.69, 9.17) is 0 Å². The van der Waals surface area contributed by atoms with Gasteiger partial charge in [-0.1, -0.05) is 12.1 Å². The molecule has 0 radical (unpaired) electrons. The molecule has 1 unspecified atom stereocenters. The summed E-state index contributed by atoms with van der Waals surface area (Å²) in [4.78, 5) is 24.2. The number of rotatable bonds is 2. The minimum Gasteiger partial charge on any atom is -0.325 e. The summed E-state index contributed by atoms with van der Waals surface area (Å²) in [6, 6.07) is 7.28. The predicted octanol–water partition coefficient (Wildman–Crippen LogP) is 2.28. The highest BCUT2D eigenvalue weighted by molar-refractivity contribution is 6.02. The lowest BCUT2D eigenvalue weighted by Gasteiger charge is -2.12. The van der Waals surface area contributed by atoms with Crippen molar-refractivity contribution < 1.29 is 4.79 Å². The van der Waals surface area contributed by atoms with E-state index in [0.717, 1.165) is 24.9 Å². The van der Waals surface area contributed by atoms with Crippen LogP contribution in [0.5, 0.6) is 0 Å². The molecular weight excluding hydrogens is 290 g/mol. The van der Waals surface area contributed by atoms with E-state index >= 15 is 0 Å². The highest BCUT2D eigenvalue weighted by Crippen LogP contribution is 2.22. The molecule has 2 N–H and O–H groups in total. The molecule has 1 aromatic carbocycles.